The van der Waals surface area contributed by atoms with Crippen molar-refractivity contribution in [2.45, 2.75) is 42.4 Å². The Hall–Kier alpha value is 0.230. The monoisotopic (exact) mass is 353 g/mol. The number of hydrogen-bond acceptors (Lipinski definition) is 2. The molecule has 0 bridgehead atoms. The van der Waals surface area contributed by atoms with Gasteiger partial charge < -0.3 is 9.64 Å². The summed E-state index contributed by atoms with van der Waals surface area (Å²) in [6, 6.07) is 0. The van der Waals surface area contributed by atoms with Gasteiger partial charge in [0.1, 0.15) is 5.60 Å². The Bertz CT molecular complexity index is 324. The average molecular weight is 355 g/mol. The molecule has 0 aromatic carbocycles. The van der Waals surface area contributed by atoms with Crippen LogP contribution >= 0.6 is 31.9 Å². The van der Waals surface area contributed by atoms with Crippen LogP contribution in [0.2, 0.25) is 0 Å². The lowest BCUT2D eigenvalue weighted by atomic mass is 10.1. The van der Waals surface area contributed by atoms with Crippen LogP contribution in [0.15, 0.2) is 0 Å². The topological polar surface area (TPSA) is 29.5 Å². The molecule has 92 valence electrons. The number of likely N-dealkylation sites (tertiary alicyclic amines) is 1. The lowest BCUT2D eigenvalue weighted by Gasteiger charge is -2.24. The van der Waals surface area contributed by atoms with Crippen LogP contribution in [-0.2, 0) is 4.74 Å². The molecule has 2 fully saturated rings. The minimum Gasteiger partial charge on any atom is -0.444 e. The number of hydrogen-bond donors (Lipinski definition) is 0. The standard InChI is InChI=1S/C11H17Br2NO2/c1-9(2,3)16-8(15)14-5-4-10(7-14)6-11(10,12)13/h4-7H2,1-3H3. The summed E-state index contributed by atoms with van der Waals surface area (Å²) < 4.78 is 5.41. The van der Waals surface area contributed by atoms with Crippen LogP contribution in [0.5, 0.6) is 0 Å². The maximum Gasteiger partial charge on any atom is 0.410 e. The molecule has 16 heavy (non-hydrogen) atoms. The molecule has 0 aromatic heterocycles. The fourth-order valence-electron chi connectivity index (χ4n) is 2.18. The first kappa shape index (κ1) is 12.7. The third-order valence-electron chi connectivity index (χ3n) is 3.22. The smallest absolute Gasteiger partial charge is 0.410 e. The molecule has 1 unspecified atom stereocenters. The number of carbonyl (C=O) groups excluding carboxylic acids is 1. The number of rotatable bonds is 0. The minimum absolute atomic E-state index is 0.0454. The van der Waals surface area contributed by atoms with E-state index in [1.165, 1.54) is 0 Å². The molecule has 1 amide bonds. The average Bonchev–Trinajstić information content (AvgIpc) is 2.46. The van der Waals surface area contributed by atoms with E-state index < -0.39 is 5.60 Å². The summed E-state index contributed by atoms with van der Waals surface area (Å²) in [4.78, 5) is 13.7. The van der Waals surface area contributed by atoms with Gasteiger partial charge in [-0.1, -0.05) is 31.9 Å². The van der Waals surface area contributed by atoms with Gasteiger partial charge in [-0.25, -0.2) is 4.79 Å². The predicted molar refractivity (Wildman–Crippen MR) is 70.1 cm³/mol. The fourth-order valence-corrected chi connectivity index (χ4v) is 3.90. The van der Waals surface area contributed by atoms with E-state index >= 15 is 0 Å². The summed E-state index contributed by atoms with van der Waals surface area (Å²) in [6.07, 6.45) is 1.94. The number of alkyl halides is 2. The molecule has 0 aromatic rings. The third kappa shape index (κ3) is 2.26. The van der Waals surface area contributed by atoms with E-state index in [4.69, 9.17) is 4.74 Å². The summed E-state index contributed by atoms with van der Waals surface area (Å²) >= 11 is 7.29. The second kappa shape index (κ2) is 3.61. The van der Waals surface area contributed by atoms with Crippen LogP contribution in [0.3, 0.4) is 0 Å². The van der Waals surface area contributed by atoms with Gasteiger partial charge in [0.2, 0.25) is 0 Å². The molecule has 5 heteroatoms. The van der Waals surface area contributed by atoms with Crippen molar-refractivity contribution < 1.29 is 9.53 Å². The van der Waals surface area contributed by atoms with Crippen LogP contribution in [0.25, 0.3) is 0 Å². The molecule has 1 heterocycles. The van der Waals surface area contributed by atoms with Crippen LogP contribution in [0.4, 0.5) is 4.79 Å². The Morgan fingerprint density at radius 1 is 1.38 bits per heavy atom. The minimum atomic E-state index is -0.406. The van der Waals surface area contributed by atoms with Gasteiger partial charge in [0.05, 0.1) is 3.23 Å². The van der Waals surface area contributed by atoms with Gasteiger partial charge in [-0.2, -0.15) is 0 Å². The van der Waals surface area contributed by atoms with E-state index in [0.717, 1.165) is 25.9 Å². The molecular formula is C11H17Br2NO2. The molecule has 0 radical (unpaired) electrons. The van der Waals surface area contributed by atoms with Crippen LogP contribution < -0.4 is 0 Å². The molecule has 3 nitrogen and oxygen atoms in total. The van der Waals surface area contributed by atoms with E-state index in [1.807, 2.05) is 25.7 Å². The summed E-state index contributed by atoms with van der Waals surface area (Å²) in [7, 11) is 0. The summed E-state index contributed by atoms with van der Waals surface area (Å²) in [6.45, 7) is 7.28. The van der Waals surface area contributed by atoms with Crippen molar-refractivity contribution in [2.24, 2.45) is 5.41 Å². The SMILES string of the molecule is CC(C)(C)OC(=O)N1CCC2(C1)CC2(Br)Br. The normalized spacial score (nSPS) is 31.9. The molecular weight excluding hydrogens is 338 g/mol. The van der Waals surface area contributed by atoms with E-state index in [0.29, 0.717) is 0 Å². The quantitative estimate of drug-likeness (QED) is 0.623. The third-order valence-corrected chi connectivity index (χ3v) is 5.46. The zero-order valence-corrected chi connectivity index (χ0v) is 13.0. The van der Waals surface area contributed by atoms with Crippen molar-refractivity contribution in [3.63, 3.8) is 0 Å². The van der Waals surface area contributed by atoms with Gasteiger partial charge in [-0.3, -0.25) is 0 Å². The maximum absolute atomic E-state index is 11.9. The van der Waals surface area contributed by atoms with Gasteiger partial charge in [-0.05, 0) is 33.6 Å². The number of ether oxygens (including phenoxy) is 1. The zero-order valence-electron chi connectivity index (χ0n) is 9.85. The van der Waals surface area contributed by atoms with Gasteiger partial charge in [0, 0.05) is 18.5 Å². The van der Waals surface area contributed by atoms with Crippen molar-refractivity contribution in [1.29, 1.82) is 0 Å². The Morgan fingerprint density at radius 2 is 1.94 bits per heavy atom. The van der Waals surface area contributed by atoms with Crippen molar-refractivity contribution >= 4 is 38.0 Å². The van der Waals surface area contributed by atoms with Crippen LogP contribution in [-0.4, -0.2) is 32.9 Å². The maximum atomic E-state index is 11.9. The molecule has 1 saturated heterocycles. The molecule has 1 saturated carbocycles. The molecule has 1 spiro atoms. The second-order valence-corrected chi connectivity index (χ2v) is 9.59. The first-order valence-electron chi connectivity index (χ1n) is 5.51. The van der Waals surface area contributed by atoms with Gasteiger partial charge in [0.15, 0.2) is 0 Å². The Kier molecular flexibility index (Phi) is 2.86. The Labute approximate surface area is 113 Å². The molecule has 2 rings (SSSR count). The number of carbonyl (C=O) groups is 1. The predicted octanol–water partition coefficient (Wildman–Crippen LogP) is 3.50. The molecule has 1 aliphatic carbocycles. The highest BCUT2D eigenvalue weighted by molar-refractivity contribution is 9.25. The van der Waals surface area contributed by atoms with Crippen molar-refractivity contribution in [3.8, 4) is 0 Å². The largest absolute Gasteiger partial charge is 0.444 e. The Morgan fingerprint density at radius 3 is 2.31 bits per heavy atom. The first-order valence-corrected chi connectivity index (χ1v) is 7.10. The van der Waals surface area contributed by atoms with Crippen LogP contribution in [0, 0.1) is 5.41 Å². The number of amides is 1. The van der Waals surface area contributed by atoms with E-state index in [1.54, 1.807) is 0 Å². The highest BCUT2D eigenvalue weighted by Crippen LogP contribution is 2.70. The van der Waals surface area contributed by atoms with E-state index in [2.05, 4.69) is 31.9 Å². The van der Waals surface area contributed by atoms with Gasteiger partial charge in [0.25, 0.3) is 0 Å². The van der Waals surface area contributed by atoms with Crippen molar-refractivity contribution in [1.82, 2.24) is 4.90 Å². The summed E-state index contributed by atoms with van der Waals surface area (Å²) in [5.41, 5.74) is -0.180. The fraction of sp³-hybridized carbons (Fsp3) is 0.909. The van der Waals surface area contributed by atoms with E-state index in [9.17, 15) is 4.79 Å². The van der Waals surface area contributed by atoms with Gasteiger partial charge >= 0.3 is 6.09 Å². The lowest BCUT2D eigenvalue weighted by Crippen LogP contribution is -2.35. The van der Waals surface area contributed by atoms with Crippen LogP contribution in [0.1, 0.15) is 33.6 Å². The number of halogens is 2. The number of nitrogens with zero attached hydrogens (tertiary/aromatic N) is 1. The second-order valence-electron chi connectivity index (χ2n) is 5.81. The lowest BCUT2D eigenvalue weighted by molar-refractivity contribution is 0.0286. The van der Waals surface area contributed by atoms with Gasteiger partial charge in [-0.15, -0.1) is 0 Å². The summed E-state index contributed by atoms with van der Waals surface area (Å²) in [5.74, 6) is 0. The molecule has 0 N–H and O–H groups in total. The summed E-state index contributed by atoms with van der Waals surface area (Å²) in [5, 5.41) is 0. The zero-order chi connectivity index (χ0) is 12.2. The molecule has 1 atom stereocenters. The van der Waals surface area contributed by atoms with E-state index in [-0.39, 0.29) is 14.7 Å². The van der Waals surface area contributed by atoms with Crippen molar-refractivity contribution in [3.05, 3.63) is 0 Å². The highest BCUT2D eigenvalue weighted by atomic mass is 79.9. The molecule has 2 aliphatic rings. The Balaban J connectivity index is 1.93. The van der Waals surface area contributed by atoms with Crippen molar-refractivity contribution in [2.75, 3.05) is 13.1 Å². The highest BCUT2D eigenvalue weighted by Gasteiger charge is 2.67. The molecule has 1 aliphatic heterocycles. The first-order chi connectivity index (χ1) is 7.15.